The van der Waals surface area contributed by atoms with Gasteiger partial charge in [-0.05, 0) is 67.9 Å². The molecular formula is C29H28N6. The van der Waals surface area contributed by atoms with E-state index in [1.54, 1.807) is 6.20 Å². The van der Waals surface area contributed by atoms with Crippen LogP contribution in [0.2, 0.25) is 0 Å². The van der Waals surface area contributed by atoms with E-state index >= 15 is 0 Å². The van der Waals surface area contributed by atoms with Crippen LogP contribution in [0.25, 0.3) is 39.5 Å². The minimum atomic E-state index is 0.453. The zero-order chi connectivity index (χ0) is 23.6. The predicted octanol–water partition coefficient (Wildman–Crippen LogP) is 5.72. The highest BCUT2D eigenvalue weighted by atomic mass is 15.1. The molecule has 1 aliphatic rings. The zero-order valence-corrected chi connectivity index (χ0v) is 19.6. The van der Waals surface area contributed by atoms with Gasteiger partial charge in [0.25, 0.3) is 0 Å². The fourth-order valence-electron chi connectivity index (χ4n) is 4.88. The number of hydrogen-bond donors (Lipinski definition) is 1. The van der Waals surface area contributed by atoms with E-state index in [9.17, 15) is 0 Å². The number of benzene rings is 2. The normalized spacial score (nSPS) is 14.4. The molecular weight excluding hydrogens is 432 g/mol. The maximum Gasteiger partial charge on any atom is 0.165 e. The summed E-state index contributed by atoms with van der Waals surface area (Å²) in [6.07, 6.45) is 5.64. The number of aromatic nitrogens is 4. The Balaban J connectivity index is 1.47. The number of likely N-dealkylation sites (tertiary alicyclic amines) is 1. The minimum absolute atomic E-state index is 0.453. The molecule has 3 aromatic heterocycles. The first-order chi connectivity index (χ1) is 17.3. The second-order valence-electron chi connectivity index (χ2n) is 9.12. The first-order valence-electron chi connectivity index (χ1n) is 12.2. The molecule has 0 bridgehead atoms. The van der Waals surface area contributed by atoms with Crippen LogP contribution >= 0.6 is 0 Å². The van der Waals surface area contributed by atoms with E-state index in [0.717, 1.165) is 46.0 Å². The fourth-order valence-corrected chi connectivity index (χ4v) is 4.88. The molecule has 0 amide bonds. The second-order valence-corrected chi connectivity index (χ2v) is 9.12. The van der Waals surface area contributed by atoms with Crippen molar-refractivity contribution in [3.63, 3.8) is 0 Å². The van der Waals surface area contributed by atoms with Crippen LogP contribution in [0.3, 0.4) is 0 Å². The van der Waals surface area contributed by atoms with E-state index in [1.165, 1.54) is 37.9 Å². The number of nitrogens with two attached hydrogens (primary N) is 1. The molecule has 4 heterocycles. The number of nitrogen functional groups attached to an aromatic ring is 1. The van der Waals surface area contributed by atoms with Gasteiger partial charge in [-0.1, -0.05) is 48.9 Å². The number of pyridine rings is 2. The number of imidazole rings is 1. The molecule has 35 heavy (non-hydrogen) atoms. The third-order valence-corrected chi connectivity index (χ3v) is 6.70. The largest absolute Gasteiger partial charge is 0.383 e. The molecule has 0 radical (unpaired) electrons. The molecule has 6 heteroatoms. The molecule has 2 N–H and O–H groups in total. The van der Waals surface area contributed by atoms with E-state index in [-0.39, 0.29) is 0 Å². The summed E-state index contributed by atoms with van der Waals surface area (Å²) in [7, 11) is 0. The average molecular weight is 461 g/mol. The van der Waals surface area contributed by atoms with Crippen molar-refractivity contribution < 1.29 is 0 Å². The van der Waals surface area contributed by atoms with Gasteiger partial charge in [-0.25, -0.2) is 15.0 Å². The smallest absolute Gasteiger partial charge is 0.165 e. The first-order valence-corrected chi connectivity index (χ1v) is 12.2. The van der Waals surface area contributed by atoms with E-state index in [2.05, 4.69) is 50.8 Å². The van der Waals surface area contributed by atoms with Gasteiger partial charge in [-0.15, -0.1) is 0 Å². The Labute approximate surface area is 205 Å². The number of anilines is 1. The second kappa shape index (κ2) is 9.31. The third kappa shape index (κ3) is 4.29. The molecule has 2 aromatic carbocycles. The Bertz CT molecular complexity index is 1450. The maximum atomic E-state index is 6.28. The summed E-state index contributed by atoms with van der Waals surface area (Å²) >= 11 is 0. The van der Waals surface area contributed by atoms with Crippen molar-refractivity contribution >= 4 is 17.0 Å². The van der Waals surface area contributed by atoms with Crippen molar-refractivity contribution in [2.24, 2.45) is 0 Å². The van der Waals surface area contributed by atoms with Gasteiger partial charge in [-0.2, -0.15) is 0 Å². The van der Waals surface area contributed by atoms with Gasteiger partial charge < -0.3 is 5.73 Å². The molecule has 1 fully saturated rings. The Morgan fingerprint density at radius 2 is 1.57 bits per heavy atom. The van der Waals surface area contributed by atoms with E-state index in [1.807, 2.05) is 42.5 Å². The van der Waals surface area contributed by atoms with Gasteiger partial charge >= 0.3 is 0 Å². The molecule has 0 unspecified atom stereocenters. The van der Waals surface area contributed by atoms with Gasteiger partial charge in [0.15, 0.2) is 11.5 Å². The fraction of sp³-hybridized carbons (Fsp3) is 0.207. The summed E-state index contributed by atoms with van der Waals surface area (Å²) in [5.41, 5.74) is 13.0. The predicted molar refractivity (Wildman–Crippen MR) is 141 cm³/mol. The van der Waals surface area contributed by atoms with Gasteiger partial charge in [0, 0.05) is 24.0 Å². The van der Waals surface area contributed by atoms with Crippen molar-refractivity contribution in [1.29, 1.82) is 0 Å². The molecule has 5 aromatic rings. The Hall–Kier alpha value is -4.03. The van der Waals surface area contributed by atoms with Crippen molar-refractivity contribution in [2.45, 2.75) is 25.8 Å². The Kier molecular flexibility index (Phi) is 5.72. The topological polar surface area (TPSA) is 72.9 Å². The lowest BCUT2D eigenvalue weighted by atomic mass is 10.1. The first kappa shape index (κ1) is 21.5. The molecule has 1 aliphatic heterocycles. The zero-order valence-electron chi connectivity index (χ0n) is 19.6. The number of nitrogens with zero attached hydrogens (tertiary/aromatic N) is 5. The van der Waals surface area contributed by atoms with Gasteiger partial charge in [0.05, 0.1) is 11.3 Å². The molecule has 6 rings (SSSR count). The summed E-state index contributed by atoms with van der Waals surface area (Å²) in [6.45, 7) is 3.36. The summed E-state index contributed by atoms with van der Waals surface area (Å²) in [5, 5.41) is 0. The monoisotopic (exact) mass is 460 g/mol. The maximum absolute atomic E-state index is 6.28. The highest BCUT2D eigenvalue weighted by molar-refractivity contribution is 5.84. The summed E-state index contributed by atoms with van der Waals surface area (Å²) < 4.78 is 2.10. The molecule has 6 nitrogen and oxygen atoms in total. The average Bonchev–Trinajstić information content (AvgIpc) is 3.29. The highest BCUT2D eigenvalue weighted by Gasteiger charge is 2.19. The van der Waals surface area contributed by atoms with Crippen molar-refractivity contribution in [1.82, 2.24) is 24.4 Å². The lowest BCUT2D eigenvalue weighted by Crippen LogP contribution is -2.29. The van der Waals surface area contributed by atoms with Crippen LogP contribution < -0.4 is 5.73 Å². The molecule has 0 spiro atoms. The molecule has 174 valence electrons. The van der Waals surface area contributed by atoms with Crippen LogP contribution in [-0.4, -0.2) is 37.5 Å². The van der Waals surface area contributed by atoms with Crippen LogP contribution in [0.4, 0.5) is 5.82 Å². The summed E-state index contributed by atoms with van der Waals surface area (Å²) in [5.74, 6) is 1.20. The summed E-state index contributed by atoms with van der Waals surface area (Å²) in [6, 6.07) is 26.9. The molecule has 0 saturated carbocycles. The highest BCUT2D eigenvalue weighted by Crippen LogP contribution is 2.31. The van der Waals surface area contributed by atoms with E-state index in [4.69, 9.17) is 15.7 Å². The van der Waals surface area contributed by atoms with Crippen LogP contribution in [0.15, 0.2) is 85.1 Å². The Morgan fingerprint density at radius 3 is 2.34 bits per heavy atom. The molecule has 1 saturated heterocycles. The van der Waals surface area contributed by atoms with Crippen LogP contribution in [-0.2, 0) is 6.54 Å². The number of piperidine rings is 1. The van der Waals surface area contributed by atoms with Crippen molar-refractivity contribution in [2.75, 3.05) is 18.8 Å². The van der Waals surface area contributed by atoms with Gasteiger partial charge in [0.2, 0.25) is 0 Å². The lowest BCUT2D eigenvalue weighted by Gasteiger charge is -2.26. The number of rotatable bonds is 5. The molecule has 0 atom stereocenters. The van der Waals surface area contributed by atoms with E-state index < -0.39 is 0 Å². The van der Waals surface area contributed by atoms with Crippen molar-refractivity contribution in [3.05, 3.63) is 90.6 Å². The SMILES string of the molecule is Nc1ncccc1-c1nc2ccc(-c3ccccc3)nc2n1-c1ccc(CN2CCCCC2)cc1. The van der Waals surface area contributed by atoms with Gasteiger partial charge in [-0.3, -0.25) is 9.47 Å². The summed E-state index contributed by atoms with van der Waals surface area (Å²) in [4.78, 5) is 16.8. The minimum Gasteiger partial charge on any atom is -0.383 e. The van der Waals surface area contributed by atoms with Crippen LogP contribution in [0, 0.1) is 0 Å². The lowest BCUT2D eigenvalue weighted by molar-refractivity contribution is 0.221. The standard InChI is InChI=1S/C29H28N6/c30-27-24(10-7-17-31-27)28-33-26-16-15-25(22-8-3-1-4-9-22)32-29(26)35(28)23-13-11-21(12-14-23)20-34-18-5-2-6-19-34/h1,3-4,7-17H,2,5-6,18-20H2,(H2,30,31). The molecule has 0 aliphatic carbocycles. The number of hydrogen-bond acceptors (Lipinski definition) is 5. The quantitative estimate of drug-likeness (QED) is 0.363. The third-order valence-electron chi connectivity index (χ3n) is 6.70. The Morgan fingerprint density at radius 1 is 0.771 bits per heavy atom. The van der Waals surface area contributed by atoms with Crippen LogP contribution in [0.1, 0.15) is 24.8 Å². The van der Waals surface area contributed by atoms with Crippen LogP contribution in [0.5, 0.6) is 0 Å². The number of fused-ring (bicyclic) bond motifs is 1. The van der Waals surface area contributed by atoms with E-state index in [0.29, 0.717) is 5.82 Å². The van der Waals surface area contributed by atoms with Crippen molar-refractivity contribution in [3.8, 4) is 28.3 Å². The van der Waals surface area contributed by atoms with Gasteiger partial charge in [0.1, 0.15) is 11.3 Å².